The molecule has 1 atom stereocenters. The zero-order valence-electron chi connectivity index (χ0n) is 6.53. The largest absolute Gasteiger partial charge is 0.323 e. The van der Waals surface area contributed by atoms with Crippen molar-refractivity contribution in [1.82, 2.24) is 5.01 Å². The molecule has 0 aliphatic carbocycles. The highest BCUT2D eigenvalue weighted by molar-refractivity contribution is 5.74. The number of hydrazone groups is 1. The van der Waals surface area contributed by atoms with E-state index in [1.54, 1.807) is 14.0 Å². The van der Waals surface area contributed by atoms with Crippen LogP contribution >= 0.6 is 0 Å². The maximum atomic E-state index is 10.5. The van der Waals surface area contributed by atoms with Crippen LogP contribution in [0.15, 0.2) is 5.10 Å². The number of amides is 1. The number of carbonyl (C=O) groups excluding carboxylic acids is 1. The van der Waals surface area contributed by atoms with Crippen LogP contribution in [0.25, 0.3) is 0 Å². The van der Waals surface area contributed by atoms with E-state index < -0.39 is 0 Å². The molecule has 0 fully saturated rings. The van der Waals surface area contributed by atoms with E-state index in [0.717, 1.165) is 0 Å². The summed E-state index contributed by atoms with van der Waals surface area (Å²) in [4.78, 5) is 10.5. The van der Waals surface area contributed by atoms with E-state index >= 15 is 0 Å². The molecule has 0 saturated heterocycles. The van der Waals surface area contributed by atoms with E-state index in [-0.39, 0.29) is 11.9 Å². The highest BCUT2D eigenvalue weighted by Crippen LogP contribution is 1.82. The van der Waals surface area contributed by atoms with E-state index in [4.69, 9.17) is 5.73 Å². The van der Waals surface area contributed by atoms with Crippen molar-refractivity contribution < 1.29 is 4.79 Å². The lowest BCUT2D eigenvalue weighted by Crippen LogP contribution is -2.22. The fourth-order valence-corrected chi connectivity index (χ4v) is 0.286. The topological polar surface area (TPSA) is 58.7 Å². The third-order valence-electron chi connectivity index (χ3n) is 0.931. The Balaban J connectivity index is 3.77. The number of carbonyl (C=O) groups is 1. The average Bonchev–Trinajstić information content (AvgIpc) is 1.82. The van der Waals surface area contributed by atoms with Crippen LogP contribution < -0.4 is 5.73 Å². The molecule has 0 spiro atoms. The molecule has 0 aromatic rings. The van der Waals surface area contributed by atoms with E-state index in [1.807, 2.05) is 0 Å². The van der Waals surface area contributed by atoms with Crippen LogP contribution in [0.1, 0.15) is 13.8 Å². The summed E-state index contributed by atoms with van der Waals surface area (Å²) in [5.74, 6) is -0.100. The molecule has 0 saturated carbocycles. The lowest BCUT2D eigenvalue weighted by Gasteiger charge is -2.06. The zero-order chi connectivity index (χ0) is 8.15. The summed E-state index contributed by atoms with van der Waals surface area (Å²) >= 11 is 0. The Kier molecular flexibility index (Phi) is 3.64. The van der Waals surface area contributed by atoms with Gasteiger partial charge in [-0.25, -0.2) is 5.01 Å². The van der Waals surface area contributed by atoms with Crippen LogP contribution in [0.3, 0.4) is 0 Å². The molecule has 0 rings (SSSR count). The molecule has 2 N–H and O–H groups in total. The first-order chi connectivity index (χ1) is 4.54. The van der Waals surface area contributed by atoms with Gasteiger partial charge in [-0.1, -0.05) is 0 Å². The molecule has 0 bridgehead atoms. The normalized spacial score (nSPS) is 13.6. The summed E-state index contributed by atoms with van der Waals surface area (Å²) < 4.78 is 0. The summed E-state index contributed by atoms with van der Waals surface area (Å²) in [5.41, 5.74) is 5.35. The highest BCUT2D eigenvalue weighted by atomic mass is 16.2. The first-order valence-corrected chi connectivity index (χ1v) is 3.08. The minimum Gasteiger partial charge on any atom is -0.323 e. The number of hydrogen-bond acceptors (Lipinski definition) is 3. The molecule has 0 aromatic carbocycles. The molecule has 0 aliphatic heterocycles. The van der Waals surface area contributed by atoms with Gasteiger partial charge < -0.3 is 5.73 Å². The summed E-state index contributed by atoms with van der Waals surface area (Å²) in [6.07, 6.45) is 1.52. The lowest BCUT2D eigenvalue weighted by molar-refractivity contribution is -0.127. The summed E-state index contributed by atoms with van der Waals surface area (Å²) in [7, 11) is 1.58. The maximum Gasteiger partial charge on any atom is 0.239 e. The Bertz CT molecular complexity index is 142. The second kappa shape index (κ2) is 4.00. The second-order valence-electron chi connectivity index (χ2n) is 2.17. The number of hydrogen-bond donors (Lipinski definition) is 1. The lowest BCUT2D eigenvalue weighted by atomic mass is 10.4. The average molecular weight is 143 g/mol. The minimum atomic E-state index is -0.109. The molecule has 58 valence electrons. The molecule has 0 heterocycles. The standard InChI is InChI=1S/C6H13N3O/c1-5(7)4-8-9(3)6(2)10/h4-5H,7H2,1-3H3/b8-4+. The predicted octanol–water partition coefficient (Wildman–Crippen LogP) is -0.202. The van der Waals surface area contributed by atoms with Gasteiger partial charge in [0.05, 0.1) is 0 Å². The fraction of sp³-hybridized carbons (Fsp3) is 0.667. The third-order valence-corrected chi connectivity index (χ3v) is 0.931. The number of rotatable bonds is 2. The minimum absolute atomic E-state index is 0.100. The maximum absolute atomic E-state index is 10.5. The van der Waals surface area contributed by atoms with Gasteiger partial charge in [0.2, 0.25) is 5.91 Å². The Labute approximate surface area is 60.7 Å². The van der Waals surface area contributed by atoms with Crippen molar-refractivity contribution in [2.45, 2.75) is 19.9 Å². The van der Waals surface area contributed by atoms with Crippen molar-refractivity contribution in [3.63, 3.8) is 0 Å². The molecule has 10 heavy (non-hydrogen) atoms. The van der Waals surface area contributed by atoms with Crippen molar-refractivity contribution in [3.05, 3.63) is 0 Å². The molecule has 1 amide bonds. The van der Waals surface area contributed by atoms with Crippen molar-refractivity contribution >= 4 is 12.1 Å². The number of nitrogens with zero attached hydrogens (tertiary/aromatic N) is 2. The Morgan fingerprint density at radius 2 is 2.30 bits per heavy atom. The Hall–Kier alpha value is -0.900. The quantitative estimate of drug-likeness (QED) is 0.430. The smallest absolute Gasteiger partial charge is 0.239 e. The van der Waals surface area contributed by atoms with E-state index in [1.165, 1.54) is 18.1 Å². The molecular weight excluding hydrogens is 130 g/mol. The van der Waals surface area contributed by atoms with Gasteiger partial charge in [-0.05, 0) is 6.92 Å². The molecule has 1 unspecified atom stereocenters. The van der Waals surface area contributed by atoms with Crippen LogP contribution in [0.5, 0.6) is 0 Å². The van der Waals surface area contributed by atoms with Crippen LogP contribution in [0.4, 0.5) is 0 Å². The van der Waals surface area contributed by atoms with E-state index in [9.17, 15) is 4.79 Å². The first-order valence-electron chi connectivity index (χ1n) is 3.08. The number of nitrogens with two attached hydrogens (primary N) is 1. The van der Waals surface area contributed by atoms with Crippen molar-refractivity contribution in [3.8, 4) is 0 Å². The van der Waals surface area contributed by atoms with Gasteiger partial charge in [-0.2, -0.15) is 5.10 Å². The highest BCUT2D eigenvalue weighted by Gasteiger charge is 1.96. The molecule has 0 radical (unpaired) electrons. The van der Waals surface area contributed by atoms with Crippen LogP contribution in [0.2, 0.25) is 0 Å². The van der Waals surface area contributed by atoms with Crippen molar-refractivity contribution in [1.29, 1.82) is 0 Å². The van der Waals surface area contributed by atoms with Gasteiger partial charge in [-0.3, -0.25) is 4.79 Å². The third kappa shape index (κ3) is 4.03. The van der Waals surface area contributed by atoms with Crippen LogP contribution in [0, 0.1) is 0 Å². The fourth-order valence-electron chi connectivity index (χ4n) is 0.286. The van der Waals surface area contributed by atoms with E-state index in [0.29, 0.717) is 0 Å². The van der Waals surface area contributed by atoms with E-state index in [2.05, 4.69) is 5.10 Å². The predicted molar refractivity (Wildman–Crippen MR) is 40.6 cm³/mol. The summed E-state index contributed by atoms with van der Waals surface area (Å²) in [6.45, 7) is 3.23. The monoisotopic (exact) mass is 143 g/mol. The molecule has 0 aromatic heterocycles. The van der Waals surface area contributed by atoms with Gasteiger partial charge >= 0.3 is 0 Å². The SMILES string of the molecule is CC(=O)N(C)/N=C/C(C)N. The molecular formula is C6H13N3O. The second-order valence-corrected chi connectivity index (χ2v) is 2.17. The van der Waals surface area contributed by atoms with Gasteiger partial charge in [0.25, 0.3) is 0 Å². The van der Waals surface area contributed by atoms with Crippen LogP contribution in [-0.2, 0) is 4.79 Å². The molecule has 0 aliphatic rings. The molecule has 4 nitrogen and oxygen atoms in total. The van der Waals surface area contributed by atoms with Gasteiger partial charge in [0, 0.05) is 26.2 Å². The Morgan fingerprint density at radius 1 is 1.80 bits per heavy atom. The molecule has 4 heteroatoms. The van der Waals surface area contributed by atoms with Crippen LogP contribution in [-0.4, -0.2) is 30.2 Å². The summed E-state index contributed by atoms with van der Waals surface area (Å²) in [6, 6.07) is -0.109. The Morgan fingerprint density at radius 3 is 2.60 bits per heavy atom. The van der Waals surface area contributed by atoms with Gasteiger partial charge in [0.1, 0.15) is 0 Å². The summed E-state index contributed by atoms with van der Waals surface area (Å²) in [5, 5.41) is 5.00. The van der Waals surface area contributed by atoms with Gasteiger partial charge in [0.15, 0.2) is 0 Å². The van der Waals surface area contributed by atoms with Crippen molar-refractivity contribution in [2.24, 2.45) is 10.8 Å². The van der Waals surface area contributed by atoms with Crippen molar-refractivity contribution in [2.75, 3.05) is 7.05 Å². The first kappa shape index (κ1) is 9.10. The zero-order valence-corrected chi connectivity index (χ0v) is 6.53. The van der Waals surface area contributed by atoms with Gasteiger partial charge in [-0.15, -0.1) is 0 Å².